The first-order valence-electron chi connectivity index (χ1n) is 11.7. The molecule has 4 rings (SSSR count). The zero-order valence-electron chi connectivity index (χ0n) is 20.0. The van der Waals surface area contributed by atoms with E-state index in [-0.39, 0.29) is 23.8 Å². The summed E-state index contributed by atoms with van der Waals surface area (Å²) < 4.78 is 17.5. The maximum atomic E-state index is 13.4. The molecule has 3 aromatic rings. The van der Waals surface area contributed by atoms with Gasteiger partial charge in [-0.2, -0.15) is 0 Å². The van der Waals surface area contributed by atoms with Gasteiger partial charge in [0.25, 0.3) is 5.56 Å². The van der Waals surface area contributed by atoms with Crippen LogP contribution in [0.15, 0.2) is 35.4 Å². The summed E-state index contributed by atoms with van der Waals surface area (Å²) in [5, 5.41) is 2.94. The summed E-state index contributed by atoms with van der Waals surface area (Å²) in [6.07, 6.45) is 3.95. The van der Waals surface area contributed by atoms with Crippen LogP contribution in [-0.4, -0.2) is 83.5 Å². The Hall–Kier alpha value is -3.57. The van der Waals surface area contributed by atoms with Crippen molar-refractivity contribution < 1.29 is 19.0 Å². The molecule has 11 heteroatoms. The smallest absolute Gasteiger partial charge is 0.293 e. The SMILES string of the molecule is CCOCCCn1c(=O)c(NCC(=O)N2CCOCC2)nc2cnc(-c3ccc(OC)nc3)cc21. The first-order chi connectivity index (χ1) is 17.1. The van der Waals surface area contributed by atoms with E-state index >= 15 is 0 Å². The third kappa shape index (κ3) is 5.92. The molecule has 0 atom stereocenters. The molecule has 1 N–H and O–H groups in total. The van der Waals surface area contributed by atoms with Crippen molar-refractivity contribution in [3.05, 3.63) is 40.9 Å². The molecule has 0 aliphatic carbocycles. The number of rotatable bonds is 10. The zero-order valence-corrected chi connectivity index (χ0v) is 20.0. The van der Waals surface area contributed by atoms with Crippen molar-refractivity contribution in [1.29, 1.82) is 0 Å². The zero-order chi connectivity index (χ0) is 24.6. The number of fused-ring (bicyclic) bond motifs is 1. The number of carbonyl (C=O) groups excluding carboxylic acids is 1. The first kappa shape index (κ1) is 24.6. The highest BCUT2D eigenvalue weighted by Crippen LogP contribution is 2.22. The summed E-state index contributed by atoms with van der Waals surface area (Å²) in [5.41, 5.74) is 2.36. The van der Waals surface area contributed by atoms with E-state index in [9.17, 15) is 9.59 Å². The number of morpholine rings is 1. The van der Waals surface area contributed by atoms with Crippen molar-refractivity contribution >= 4 is 22.8 Å². The average Bonchev–Trinajstić information content (AvgIpc) is 2.91. The van der Waals surface area contributed by atoms with Crippen molar-refractivity contribution in [3.63, 3.8) is 0 Å². The minimum Gasteiger partial charge on any atom is -0.481 e. The molecule has 4 heterocycles. The summed E-state index contributed by atoms with van der Waals surface area (Å²) in [6.45, 7) is 5.62. The highest BCUT2D eigenvalue weighted by atomic mass is 16.5. The van der Waals surface area contributed by atoms with Gasteiger partial charge in [-0.15, -0.1) is 0 Å². The van der Waals surface area contributed by atoms with E-state index in [0.717, 1.165) is 5.56 Å². The summed E-state index contributed by atoms with van der Waals surface area (Å²) in [5.74, 6) is 0.528. The molecule has 1 aliphatic heterocycles. The van der Waals surface area contributed by atoms with E-state index in [1.165, 1.54) is 0 Å². The third-order valence-electron chi connectivity index (χ3n) is 5.72. The van der Waals surface area contributed by atoms with Gasteiger partial charge in [0.1, 0.15) is 5.52 Å². The van der Waals surface area contributed by atoms with Crippen LogP contribution in [0.2, 0.25) is 0 Å². The van der Waals surface area contributed by atoms with Crippen LogP contribution in [0.4, 0.5) is 5.82 Å². The highest BCUT2D eigenvalue weighted by molar-refractivity contribution is 5.82. The van der Waals surface area contributed by atoms with E-state index in [1.54, 1.807) is 35.0 Å². The molecular weight excluding hydrogens is 452 g/mol. The number of aryl methyl sites for hydroxylation is 1. The lowest BCUT2D eigenvalue weighted by Gasteiger charge is -2.27. The summed E-state index contributed by atoms with van der Waals surface area (Å²) in [4.78, 5) is 40.9. The Labute approximate surface area is 203 Å². The molecule has 3 aromatic heterocycles. The van der Waals surface area contributed by atoms with Crippen molar-refractivity contribution in [2.75, 3.05) is 58.5 Å². The Bertz CT molecular complexity index is 1210. The Kier molecular flexibility index (Phi) is 8.22. The number of methoxy groups -OCH3 is 1. The third-order valence-corrected chi connectivity index (χ3v) is 5.72. The van der Waals surface area contributed by atoms with Crippen LogP contribution in [0, 0.1) is 0 Å². The van der Waals surface area contributed by atoms with E-state index in [0.29, 0.717) is 75.1 Å². The summed E-state index contributed by atoms with van der Waals surface area (Å²) in [6, 6.07) is 5.45. The quantitative estimate of drug-likeness (QED) is 0.429. The number of anilines is 1. The van der Waals surface area contributed by atoms with Crippen LogP contribution in [-0.2, 0) is 20.8 Å². The van der Waals surface area contributed by atoms with Crippen LogP contribution in [0.25, 0.3) is 22.3 Å². The minimum atomic E-state index is -0.297. The van der Waals surface area contributed by atoms with Gasteiger partial charge in [-0.25, -0.2) is 9.97 Å². The number of amides is 1. The standard InChI is InChI=1S/C24H30N6O5/c1-3-34-10-4-7-30-20-13-18(17-5-6-21(33-2)26-14-17)25-15-19(20)28-23(24(30)32)27-16-22(31)29-8-11-35-12-9-29/h5-6,13-15H,3-4,7-12,16H2,1-2H3,(H,27,28). The molecule has 0 radical (unpaired) electrons. The molecule has 0 bridgehead atoms. The molecular formula is C24H30N6O5. The van der Waals surface area contributed by atoms with Gasteiger partial charge in [0.2, 0.25) is 11.8 Å². The second kappa shape index (κ2) is 11.7. The van der Waals surface area contributed by atoms with Crippen LogP contribution in [0.5, 0.6) is 5.88 Å². The van der Waals surface area contributed by atoms with Gasteiger partial charge in [0, 0.05) is 50.7 Å². The molecule has 0 spiro atoms. The molecule has 1 aliphatic rings. The molecule has 0 aromatic carbocycles. The second-order valence-corrected chi connectivity index (χ2v) is 7.96. The highest BCUT2D eigenvalue weighted by Gasteiger charge is 2.18. The lowest BCUT2D eigenvalue weighted by Crippen LogP contribution is -2.43. The topological polar surface area (TPSA) is 121 Å². The number of hydrogen-bond donors (Lipinski definition) is 1. The predicted molar refractivity (Wildman–Crippen MR) is 131 cm³/mol. The molecule has 11 nitrogen and oxygen atoms in total. The number of nitrogens with zero attached hydrogens (tertiary/aromatic N) is 5. The van der Waals surface area contributed by atoms with Crippen molar-refractivity contribution in [2.24, 2.45) is 0 Å². The molecule has 1 saturated heterocycles. The molecule has 35 heavy (non-hydrogen) atoms. The van der Waals surface area contributed by atoms with Crippen LogP contribution < -0.4 is 15.6 Å². The summed E-state index contributed by atoms with van der Waals surface area (Å²) in [7, 11) is 1.56. The average molecular weight is 483 g/mol. The fourth-order valence-corrected chi connectivity index (χ4v) is 3.85. The number of ether oxygens (including phenoxy) is 3. The Morgan fingerprint density at radius 2 is 2.03 bits per heavy atom. The molecule has 1 amide bonds. The fraction of sp³-hybridized carbons (Fsp3) is 0.458. The maximum Gasteiger partial charge on any atom is 0.293 e. The second-order valence-electron chi connectivity index (χ2n) is 7.96. The van der Waals surface area contributed by atoms with E-state index in [1.807, 2.05) is 19.1 Å². The number of pyridine rings is 2. The maximum absolute atomic E-state index is 13.4. The number of aromatic nitrogens is 4. The van der Waals surface area contributed by atoms with Crippen LogP contribution in [0.1, 0.15) is 13.3 Å². The Morgan fingerprint density at radius 3 is 2.74 bits per heavy atom. The Morgan fingerprint density at radius 1 is 1.20 bits per heavy atom. The molecule has 0 saturated carbocycles. The van der Waals surface area contributed by atoms with Crippen molar-refractivity contribution in [1.82, 2.24) is 24.4 Å². The lowest BCUT2D eigenvalue weighted by molar-refractivity contribution is -0.133. The number of nitrogens with one attached hydrogen (secondary N) is 1. The van der Waals surface area contributed by atoms with Crippen LogP contribution >= 0.6 is 0 Å². The number of carbonyl (C=O) groups is 1. The van der Waals surface area contributed by atoms with Gasteiger partial charge in [-0.3, -0.25) is 14.6 Å². The normalized spacial score (nSPS) is 13.7. The van der Waals surface area contributed by atoms with Crippen molar-refractivity contribution in [2.45, 2.75) is 19.9 Å². The van der Waals surface area contributed by atoms with E-state index < -0.39 is 0 Å². The van der Waals surface area contributed by atoms with Gasteiger partial charge >= 0.3 is 0 Å². The van der Waals surface area contributed by atoms with Gasteiger partial charge in [-0.1, -0.05) is 0 Å². The number of hydrogen-bond acceptors (Lipinski definition) is 9. The van der Waals surface area contributed by atoms with E-state index in [2.05, 4.69) is 20.3 Å². The first-order valence-corrected chi connectivity index (χ1v) is 11.7. The predicted octanol–water partition coefficient (Wildman–Crippen LogP) is 1.56. The van der Waals surface area contributed by atoms with Gasteiger partial charge in [0.05, 0.1) is 44.3 Å². The lowest BCUT2D eigenvalue weighted by atomic mass is 10.2. The van der Waals surface area contributed by atoms with Gasteiger partial charge in [0.15, 0.2) is 5.82 Å². The van der Waals surface area contributed by atoms with Gasteiger partial charge < -0.3 is 29.0 Å². The fourth-order valence-electron chi connectivity index (χ4n) is 3.85. The van der Waals surface area contributed by atoms with Crippen molar-refractivity contribution in [3.8, 4) is 17.1 Å². The molecule has 1 fully saturated rings. The molecule has 0 unspecified atom stereocenters. The van der Waals surface area contributed by atoms with E-state index in [4.69, 9.17) is 14.2 Å². The largest absolute Gasteiger partial charge is 0.481 e. The Balaban J connectivity index is 1.64. The minimum absolute atomic E-state index is 0.0181. The monoisotopic (exact) mass is 482 g/mol. The molecule has 186 valence electrons. The van der Waals surface area contributed by atoms with Crippen LogP contribution in [0.3, 0.4) is 0 Å². The summed E-state index contributed by atoms with van der Waals surface area (Å²) >= 11 is 0. The van der Waals surface area contributed by atoms with Gasteiger partial charge in [-0.05, 0) is 25.5 Å².